The van der Waals surface area contributed by atoms with Gasteiger partial charge in [-0.1, -0.05) is 0 Å². The molecule has 2 rings (SSSR count). The van der Waals surface area contributed by atoms with Crippen LogP contribution in [0.3, 0.4) is 0 Å². The minimum absolute atomic E-state index is 0.246. The zero-order valence-corrected chi connectivity index (χ0v) is 12.6. The molecule has 1 aliphatic heterocycles. The minimum atomic E-state index is 0.246. The summed E-state index contributed by atoms with van der Waals surface area (Å²) >= 11 is 0. The molecule has 2 heterocycles. The standard InChI is InChI=1S/C14H26N4O/c1-11(14-16-15-12(2)19-14)18-9-6-13(7-10-18)5-8-17(3)4/h11,13H,5-10H2,1-4H3. The quantitative estimate of drug-likeness (QED) is 0.816. The van der Waals surface area contributed by atoms with Crippen LogP contribution in [0.4, 0.5) is 0 Å². The minimum Gasteiger partial charge on any atom is -0.424 e. The lowest BCUT2D eigenvalue weighted by atomic mass is 9.92. The summed E-state index contributed by atoms with van der Waals surface area (Å²) in [6.45, 7) is 7.48. The van der Waals surface area contributed by atoms with Crippen molar-refractivity contribution in [2.24, 2.45) is 5.92 Å². The normalized spacial score (nSPS) is 20.1. The molecular formula is C14H26N4O. The van der Waals surface area contributed by atoms with E-state index in [4.69, 9.17) is 4.42 Å². The lowest BCUT2D eigenvalue weighted by Gasteiger charge is -2.34. The van der Waals surface area contributed by atoms with E-state index in [-0.39, 0.29) is 6.04 Å². The van der Waals surface area contributed by atoms with Crippen molar-refractivity contribution >= 4 is 0 Å². The van der Waals surface area contributed by atoms with E-state index in [9.17, 15) is 0 Å². The van der Waals surface area contributed by atoms with Crippen LogP contribution in [0.25, 0.3) is 0 Å². The van der Waals surface area contributed by atoms with Gasteiger partial charge in [0, 0.05) is 6.92 Å². The number of nitrogens with zero attached hydrogens (tertiary/aromatic N) is 4. The van der Waals surface area contributed by atoms with Crippen molar-refractivity contribution in [1.82, 2.24) is 20.0 Å². The SMILES string of the molecule is Cc1nnc(C(C)N2CCC(CCN(C)C)CC2)o1. The second-order valence-corrected chi connectivity index (χ2v) is 5.91. The number of aryl methyl sites for hydroxylation is 1. The molecule has 19 heavy (non-hydrogen) atoms. The molecule has 0 saturated carbocycles. The van der Waals surface area contributed by atoms with Crippen LogP contribution in [0.1, 0.15) is 44.0 Å². The van der Waals surface area contributed by atoms with Gasteiger partial charge in [-0.25, -0.2) is 0 Å². The molecule has 5 nitrogen and oxygen atoms in total. The summed E-state index contributed by atoms with van der Waals surface area (Å²) in [5.41, 5.74) is 0. The number of rotatable bonds is 5. The van der Waals surface area contributed by atoms with Gasteiger partial charge in [-0.15, -0.1) is 10.2 Å². The van der Waals surface area contributed by atoms with E-state index in [0.717, 1.165) is 24.9 Å². The fraction of sp³-hybridized carbons (Fsp3) is 0.857. The Kier molecular flexibility index (Phi) is 4.93. The van der Waals surface area contributed by atoms with Crippen molar-refractivity contribution < 1.29 is 4.42 Å². The predicted octanol–water partition coefficient (Wildman–Crippen LogP) is 2.10. The maximum absolute atomic E-state index is 5.53. The molecule has 5 heteroatoms. The molecule has 0 N–H and O–H groups in total. The van der Waals surface area contributed by atoms with E-state index >= 15 is 0 Å². The van der Waals surface area contributed by atoms with Crippen LogP contribution in [0.5, 0.6) is 0 Å². The fourth-order valence-corrected chi connectivity index (χ4v) is 2.71. The van der Waals surface area contributed by atoms with Crippen LogP contribution in [-0.2, 0) is 0 Å². The number of hydrogen-bond acceptors (Lipinski definition) is 5. The van der Waals surface area contributed by atoms with Gasteiger partial charge >= 0.3 is 0 Å². The van der Waals surface area contributed by atoms with Gasteiger partial charge in [0.25, 0.3) is 0 Å². The first-order valence-corrected chi connectivity index (χ1v) is 7.25. The molecule has 0 aromatic carbocycles. The first kappa shape index (κ1) is 14.5. The molecule has 1 saturated heterocycles. The molecule has 0 bridgehead atoms. The summed E-state index contributed by atoms with van der Waals surface area (Å²) in [4.78, 5) is 4.73. The molecule has 0 spiro atoms. The Bertz CT molecular complexity index is 383. The monoisotopic (exact) mass is 266 g/mol. The molecule has 0 aliphatic carbocycles. The average Bonchev–Trinajstić information content (AvgIpc) is 2.83. The molecule has 1 unspecified atom stereocenters. The molecule has 1 fully saturated rings. The molecule has 108 valence electrons. The zero-order chi connectivity index (χ0) is 13.8. The van der Waals surface area contributed by atoms with Crippen molar-refractivity contribution in [2.45, 2.75) is 39.2 Å². The first-order valence-electron chi connectivity index (χ1n) is 7.25. The Balaban J connectivity index is 1.79. The second-order valence-electron chi connectivity index (χ2n) is 5.91. The predicted molar refractivity (Wildman–Crippen MR) is 74.9 cm³/mol. The largest absolute Gasteiger partial charge is 0.424 e. The van der Waals surface area contributed by atoms with Gasteiger partial charge in [0.1, 0.15) is 0 Å². The van der Waals surface area contributed by atoms with Crippen LogP contribution in [0.15, 0.2) is 4.42 Å². The van der Waals surface area contributed by atoms with E-state index in [1.165, 1.54) is 25.8 Å². The van der Waals surface area contributed by atoms with E-state index < -0.39 is 0 Å². The van der Waals surface area contributed by atoms with Gasteiger partial charge in [0.2, 0.25) is 11.8 Å². The summed E-state index contributed by atoms with van der Waals surface area (Å²) in [6.07, 6.45) is 3.88. The summed E-state index contributed by atoms with van der Waals surface area (Å²) in [5, 5.41) is 8.05. The summed E-state index contributed by atoms with van der Waals surface area (Å²) in [7, 11) is 4.30. The number of hydrogen-bond donors (Lipinski definition) is 0. The Morgan fingerprint density at radius 3 is 2.53 bits per heavy atom. The maximum atomic E-state index is 5.53. The van der Waals surface area contributed by atoms with Crippen LogP contribution in [-0.4, -0.2) is 53.7 Å². The molecular weight excluding hydrogens is 240 g/mol. The Morgan fingerprint density at radius 1 is 1.32 bits per heavy atom. The van der Waals surface area contributed by atoms with Gasteiger partial charge in [-0.3, -0.25) is 4.90 Å². The highest BCUT2D eigenvalue weighted by atomic mass is 16.4. The van der Waals surface area contributed by atoms with Gasteiger partial charge in [-0.2, -0.15) is 0 Å². The molecule has 1 aromatic heterocycles. The smallest absolute Gasteiger partial charge is 0.233 e. The highest BCUT2D eigenvalue weighted by Crippen LogP contribution is 2.27. The summed E-state index contributed by atoms with van der Waals surface area (Å²) < 4.78 is 5.53. The number of aromatic nitrogens is 2. The average molecular weight is 266 g/mol. The van der Waals surface area contributed by atoms with Gasteiger partial charge < -0.3 is 9.32 Å². The van der Waals surface area contributed by atoms with Crippen molar-refractivity contribution in [3.8, 4) is 0 Å². The van der Waals surface area contributed by atoms with E-state index in [1.54, 1.807) is 0 Å². The van der Waals surface area contributed by atoms with Crippen molar-refractivity contribution in [3.05, 3.63) is 11.8 Å². The van der Waals surface area contributed by atoms with Crippen molar-refractivity contribution in [2.75, 3.05) is 33.7 Å². The van der Waals surface area contributed by atoms with E-state index in [0.29, 0.717) is 5.89 Å². The Hall–Kier alpha value is -0.940. The first-order chi connectivity index (χ1) is 9.06. The second kappa shape index (κ2) is 6.48. The third-order valence-corrected chi connectivity index (χ3v) is 4.08. The third kappa shape index (κ3) is 4.01. The number of likely N-dealkylation sites (tertiary alicyclic amines) is 1. The molecule has 0 radical (unpaired) electrons. The zero-order valence-electron chi connectivity index (χ0n) is 12.6. The molecule has 1 atom stereocenters. The Morgan fingerprint density at radius 2 is 2.00 bits per heavy atom. The van der Waals surface area contributed by atoms with Crippen molar-refractivity contribution in [1.29, 1.82) is 0 Å². The molecule has 0 amide bonds. The van der Waals surface area contributed by atoms with Crippen LogP contribution in [0.2, 0.25) is 0 Å². The number of piperidine rings is 1. The molecule has 1 aromatic rings. The van der Waals surface area contributed by atoms with Gasteiger partial charge in [-0.05, 0) is 65.8 Å². The Labute approximate surface area is 116 Å². The third-order valence-electron chi connectivity index (χ3n) is 4.08. The topological polar surface area (TPSA) is 45.4 Å². The lowest BCUT2D eigenvalue weighted by molar-refractivity contribution is 0.118. The fourth-order valence-electron chi connectivity index (χ4n) is 2.71. The van der Waals surface area contributed by atoms with Crippen LogP contribution < -0.4 is 0 Å². The maximum Gasteiger partial charge on any atom is 0.233 e. The highest BCUT2D eigenvalue weighted by molar-refractivity contribution is 4.89. The molecule has 1 aliphatic rings. The summed E-state index contributed by atoms with van der Waals surface area (Å²) in [6, 6.07) is 0.246. The lowest BCUT2D eigenvalue weighted by Crippen LogP contribution is -2.36. The van der Waals surface area contributed by atoms with Crippen molar-refractivity contribution in [3.63, 3.8) is 0 Å². The van der Waals surface area contributed by atoms with Crippen LogP contribution in [0, 0.1) is 12.8 Å². The van der Waals surface area contributed by atoms with E-state index in [1.807, 2.05) is 6.92 Å². The van der Waals surface area contributed by atoms with Crippen LogP contribution >= 0.6 is 0 Å². The van der Waals surface area contributed by atoms with Gasteiger partial charge in [0.05, 0.1) is 6.04 Å². The van der Waals surface area contributed by atoms with Gasteiger partial charge in [0.15, 0.2) is 0 Å². The highest BCUT2D eigenvalue weighted by Gasteiger charge is 2.26. The van der Waals surface area contributed by atoms with E-state index in [2.05, 4.69) is 41.0 Å². The summed E-state index contributed by atoms with van der Waals surface area (Å²) in [5.74, 6) is 2.28.